The predicted molar refractivity (Wildman–Crippen MR) is 327 cm³/mol. The Morgan fingerprint density at radius 3 is 2.11 bits per heavy atom. The molecule has 5 amide bonds. The SMILES string of the molecule is CC[C@@]1(O)C(=O)OCc2c1cc1n(c2=O)Cc2c-1nc1cc(F)c(C)c3c1c2[C@@H](NC(=O)COCNC(=O)CNC(=O)[C@H](CO[C@@H]1O[C@H](COC(C)=O)[C@H](OC(C)=O)[C@H](OC(C)=O)[C@H]1OC(C)=O)NC(=O)[C@@H](NC(=O)OCC1c2ccccc2-c2ccccc21)C(C)C)CC3. The van der Waals surface area contributed by atoms with E-state index in [1.54, 1.807) is 27.7 Å². The van der Waals surface area contributed by atoms with Gasteiger partial charge in [-0.1, -0.05) is 69.3 Å². The molecule has 0 spiro atoms. The number of rotatable bonds is 23. The van der Waals surface area contributed by atoms with E-state index in [1.807, 2.05) is 48.5 Å². The minimum absolute atomic E-state index is 0.00326. The molecule has 28 nitrogen and oxygen atoms in total. The van der Waals surface area contributed by atoms with Crippen molar-refractivity contribution in [3.05, 3.63) is 121 Å². The van der Waals surface area contributed by atoms with E-state index in [0.29, 0.717) is 46.2 Å². The number of aromatic nitrogens is 2. The fraction of sp³-hybridized carbons (Fsp3) is 0.455. The first kappa shape index (κ1) is 68.2. The molecule has 95 heavy (non-hydrogen) atoms. The molecule has 0 radical (unpaired) electrons. The van der Waals surface area contributed by atoms with Crippen LogP contribution in [-0.4, -0.2) is 157 Å². The van der Waals surface area contributed by atoms with Crippen molar-refractivity contribution >= 4 is 70.5 Å². The average Bonchev–Trinajstić information content (AvgIpc) is 1.61. The minimum atomic E-state index is -2.10. The number of carbonyl (C=O) groups excluding carboxylic acids is 10. The number of carbonyl (C=O) groups is 10. The number of benzene rings is 3. The van der Waals surface area contributed by atoms with Crippen molar-refractivity contribution in [2.24, 2.45) is 5.92 Å². The lowest BCUT2D eigenvalue weighted by molar-refractivity contribution is -0.308. The van der Waals surface area contributed by atoms with E-state index < -0.39 is 164 Å². The Bertz CT molecular complexity index is 3960. The molecule has 5 aliphatic rings. The van der Waals surface area contributed by atoms with Gasteiger partial charge in [-0.2, -0.15) is 0 Å². The molecular weight excluding hydrogens is 1250 g/mol. The zero-order chi connectivity index (χ0) is 68.3. The van der Waals surface area contributed by atoms with E-state index in [4.69, 9.17) is 47.6 Å². The summed E-state index contributed by atoms with van der Waals surface area (Å²) in [6, 6.07) is 14.3. The maximum atomic E-state index is 15.5. The fourth-order valence-corrected chi connectivity index (χ4v) is 12.8. The van der Waals surface area contributed by atoms with Crippen LogP contribution in [0.4, 0.5) is 9.18 Å². The van der Waals surface area contributed by atoms with Crippen LogP contribution in [0.5, 0.6) is 0 Å². The molecule has 2 aliphatic carbocycles. The Hall–Kier alpha value is -9.71. The number of nitrogens with zero attached hydrogens (tertiary/aromatic N) is 2. The molecule has 3 aliphatic heterocycles. The van der Waals surface area contributed by atoms with Crippen LogP contribution in [0.2, 0.25) is 0 Å². The van der Waals surface area contributed by atoms with Gasteiger partial charge in [-0.05, 0) is 77.1 Å². The molecule has 504 valence electrons. The first-order valence-electron chi connectivity index (χ1n) is 30.8. The summed E-state index contributed by atoms with van der Waals surface area (Å²) in [4.78, 5) is 151. The number of hydrogen-bond acceptors (Lipinski definition) is 22. The molecule has 29 heteroatoms. The maximum absolute atomic E-state index is 15.5. The number of cyclic esters (lactones) is 1. The summed E-state index contributed by atoms with van der Waals surface area (Å²) < 4.78 is 67.3. The predicted octanol–water partition coefficient (Wildman–Crippen LogP) is 2.98. The number of fused-ring (bicyclic) bond motifs is 8. The molecule has 3 aromatic carbocycles. The molecule has 1 saturated heterocycles. The van der Waals surface area contributed by atoms with Crippen molar-refractivity contribution in [2.45, 2.75) is 148 Å². The molecular formula is C66H72FN7O21. The molecule has 5 aromatic rings. The van der Waals surface area contributed by atoms with Gasteiger partial charge < -0.3 is 78.9 Å². The number of esters is 5. The van der Waals surface area contributed by atoms with Crippen molar-refractivity contribution < 1.29 is 100 Å². The van der Waals surface area contributed by atoms with Gasteiger partial charge >= 0.3 is 35.9 Å². The summed E-state index contributed by atoms with van der Waals surface area (Å²) in [6.45, 7) is 6.70. The molecule has 2 aromatic heterocycles. The highest BCUT2D eigenvalue weighted by Gasteiger charge is 2.53. The first-order valence-corrected chi connectivity index (χ1v) is 30.8. The Balaban J connectivity index is 0.817. The number of pyridine rings is 2. The van der Waals surface area contributed by atoms with Crippen LogP contribution in [0.3, 0.4) is 0 Å². The van der Waals surface area contributed by atoms with Gasteiger partial charge in [0.05, 0.1) is 48.2 Å². The van der Waals surface area contributed by atoms with Crippen LogP contribution in [0, 0.1) is 18.7 Å². The fourth-order valence-electron chi connectivity index (χ4n) is 12.8. The topological polar surface area (TPSA) is 369 Å². The van der Waals surface area contributed by atoms with E-state index in [2.05, 4.69) is 26.6 Å². The number of alkyl carbamates (subject to hydrolysis) is 1. The maximum Gasteiger partial charge on any atom is 0.407 e. The molecule has 10 rings (SSSR count). The lowest BCUT2D eigenvalue weighted by Gasteiger charge is -2.44. The zero-order valence-corrected chi connectivity index (χ0v) is 53.2. The second-order valence-electron chi connectivity index (χ2n) is 23.9. The highest BCUT2D eigenvalue weighted by atomic mass is 19.1. The second kappa shape index (κ2) is 28.5. The Morgan fingerprint density at radius 2 is 1.45 bits per heavy atom. The molecule has 0 bridgehead atoms. The van der Waals surface area contributed by atoms with Gasteiger partial charge in [0.1, 0.15) is 57.2 Å². The number of aryl methyl sites for hydroxylation is 1. The summed E-state index contributed by atoms with van der Waals surface area (Å²) >= 11 is 0. The summed E-state index contributed by atoms with van der Waals surface area (Å²) in [5, 5.41) is 25.0. The molecule has 0 unspecified atom stereocenters. The molecule has 6 N–H and O–H groups in total. The monoisotopic (exact) mass is 1320 g/mol. The molecule has 0 saturated carbocycles. The third-order valence-electron chi connectivity index (χ3n) is 17.3. The van der Waals surface area contributed by atoms with Gasteiger partial charge in [0.2, 0.25) is 23.6 Å². The van der Waals surface area contributed by atoms with E-state index in [9.17, 15) is 57.8 Å². The Kier molecular flexibility index (Phi) is 20.4. The standard InChI is InChI=1S/C66H72FN7O21/c1-9-66(86)44-20-49-56-41(23-74(49)62(83)43(44)25-90-64(66)84)54-46(19-18-36-31(4)45(67)21-47(71-56)53(36)54)70-52(80)28-87-29-69-51(79)22-68-60(81)48(26-89-63-59(94-35(8)78)58(93-34(7)77)57(92-33(6)76)50(95-63)27-88-32(5)75)72-61(82)55(30(2)3)73-65(85)91-24-42-39-16-12-10-14-37(39)38-15-11-13-17-40(38)42/h10-17,20-21,30,42,46,48,50,55,57-59,63,86H,9,18-19,22-29H2,1-8H3,(H,68,81)(H,69,79)(H,70,80)(H,72,82)(H,73,85)/t46-,48-,50+,55-,57-,58-,59+,63+,66-/m0/s1. The van der Waals surface area contributed by atoms with E-state index in [0.717, 1.165) is 49.9 Å². The largest absolute Gasteiger partial charge is 0.463 e. The van der Waals surface area contributed by atoms with E-state index in [-0.39, 0.29) is 54.4 Å². The van der Waals surface area contributed by atoms with Crippen LogP contribution >= 0.6 is 0 Å². The number of hydrogen-bond donors (Lipinski definition) is 6. The van der Waals surface area contributed by atoms with E-state index in [1.165, 1.54) is 16.7 Å². The van der Waals surface area contributed by atoms with Crippen LogP contribution in [0.15, 0.2) is 65.5 Å². The van der Waals surface area contributed by atoms with Crippen LogP contribution in [-0.2, 0) is 111 Å². The quantitative estimate of drug-likeness (QED) is 0.0232. The second-order valence-corrected chi connectivity index (χ2v) is 23.9. The number of nitrogens with one attached hydrogen (secondary N) is 5. The highest BCUT2D eigenvalue weighted by Crippen LogP contribution is 2.47. The van der Waals surface area contributed by atoms with Gasteiger partial charge in [-0.15, -0.1) is 0 Å². The minimum Gasteiger partial charge on any atom is -0.463 e. The van der Waals surface area contributed by atoms with E-state index >= 15 is 4.39 Å². The Labute approximate surface area is 542 Å². The summed E-state index contributed by atoms with van der Waals surface area (Å²) in [6.07, 6.45) is -8.67. The van der Waals surface area contributed by atoms with Gasteiger partial charge in [0.25, 0.3) is 5.56 Å². The third kappa shape index (κ3) is 14.2. The van der Waals surface area contributed by atoms with Crippen molar-refractivity contribution in [3.63, 3.8) is 0 Å². The van der Waals surface area contributed by atoms with Gasteiger partial charge in [0, 0.05) is 56.2 Å². The highest BCUT2D eigenvalue weighted by molar-refractivity contribution is 5.95. The number of ether oxygens (including phenoxy) is 9. The van der Waals surface area contributed by atoms with Crippen molar-refractivity contribution in [1.82, 2.24) is 36.1 Å². The third-order valence-corrected chi connectivity index (χ3v) is 17.3. The zero-order valence-electron chi connectivity index (χ0n) is 53.2. The molecule has 9 atom stereocenters. The summed E-state index contributed by atoms with van der Waals surface area (Å²) in [7, 11) is 0. The molecule has 5 heterocycles. The average molecular weight is 1320 g/mol. The smallest absolute Gasteiger partial charge is 0.407 e. The lowest BCUT2D eigenvalue weighted by atomic mass is 9.81. The number of amides is 5. The van der Waals surface area contributed by atoms with Gasteiger partial charge in [-0.25, -0.2) is 19.0 Å². The van der Waals surface area contributed by atoms with Gasteiger partial charge in [0.15, 0.2) is 30.2 Å². The Morgan fingerprint density at radius 1 is 0.789 bits per heavy atom. The van der Waals surface area contributed by atoms with Crippen LogP contribution < -0.4 is 32.1 Å². The lowest BCUT2D eigenvalue weighted by Crippen LogP contribution is -2.63. The number of halogens is 1. The summed E-state index contributed by atoms with van der Waals surface area (Å²) in [5.41, 5.74) is 4.51. The van der Waals surface area contributed by atoms with Crippen molar-refractivity contribution in [1.29, 1.82) is 0 Å². The van der Waals surface area contributed by atoms with Crippen molar-refractivity contribution in [3.8, 4) is 22.5 Å². The van der Waals surface area contributed by atoms with Crippen molar-refractivity contribution in [2.75, 3.05) is 39.7 Å². The normalized spacial score (nSPS) is 21.0. The van der Waals surface area contributed by atoms with Crippen LogP contribution in [0.1, 0.15) is 118 Å². The van der Waals surface area contributed by atoms with Crippen LogP contribution in [0.25, 0.3) is 33.4 Å². The first-order chi connectivity index (χ1) is 45.3. The number of aliphatic hydroxyl groups is 1. The summed E-state index contributed by atoms with van der Waals surface area (Å²) in [5.74, 6) is -9.45. The molecule has 1 fully saturated rings. The van der Waals surface area contributed by atoms with Gasteiger partial charge in [-0.3, -0.25) is 43.2 Å².